The fraction of sp³-hybridized carbons (Fsp3) is 0.0952. The molecule has 0 fully saturated rings. The summed E-state index contributed by atoms with van der Waals surface area (Å²) in [5, 5.41) is 4.59. The molecule has 1 heterocycles. The van der Waals surface area contributed by atoms with E-state index in [4.69, 9.17) is 9.98 Å². The van der Waals surface area contributed by atoms with Crippen LogP contribution in [0, 0.1) is 0 Å². The monoisotopic (exact) mass is 860 g/mol. The molecule has 0 bridgehead atoms. The zero-order chi connectivity index (χ0) is 45.1. The third kappa shape index (κ3) is 7.13. The van der Waals surface area contributed by atoms with Crippen LogP contribution in [0.4, 0.5) is 11.4 Å². The topological polar surface area (TPSA) is 40.3 Å². The van der Waals surface area contributed by atoms with Crippen molar-refractivity contribution in [3.63, 3.8) is 0 Å². The lowest BCUT2D eigenvalue weighted by Crippen LogP contribution is -2.14. The first kappa shape index (κ1) is 40.3. The van der Waals surface area contributed by atoms with E-state index in [2.05, 4.69) is 237 Å². The third-order valence-electron chi connectivity index (χ3n) is 14.1. The predicted molar refractivity (Wildman–Crippen MR) is 282 cm³/mol. The van der Waals surface area contributed by atoms with Crippen LogP contribution in [0.3, 0.4) is 0 Å². The van der Waals surface area contributed by atoms with E-state index in [1.165, 1.54) is 72.2 Å². The minimum Gasteiger partial charge on any atom is -0.313 e. The minimum absolute atomic E-state index is 0.0454. The Balaban J connectivity index is 0.863. The number of nitrogens with zero attached hydrogens (tertiary/aromatic N) is 4. The first-order valence-corrected chi connectivity index (χ1v) is 23.2. The van der Waals surface area contributed by atoms with Gasteiger partial charge in [-0.2, -0.15) is 0 Å². The molecule has 0 spiro atoms. The maximum Gasteiger partial charge on any atom is 0.161 e. The third-order valence-corrected chi connectivity index (χ3v) is 14.1. The van der Waals surface area contributed by atoms with E-state index in [1.54, 1.807) is 0 Å². The van der Waals surface area contributed by atoms with Crippen molar-refractivity contribution in [2.75, 3.05) is 4.90 Å². The van der Waals surface area contributed by atoms with Crippen LogP contribution < -0.4 is 4.90 Å². The molecule has 0 amide bonds. The maximum absolute atomic E-state index is 5.19. The summed E-state index contributed by atoms with van der Waals surface area (Å²) in [6.45, 7) is 9.09. The molecule has 9 aromatic rings. The van der Waals surface area contributed by atoms with E-state index in [0.29, 0.717) is 24.1 Å². The Hall–Kier alpha value is -8.21. The fourth-order valence-corrected chi connectivity index (χ4v) is 10.6. The van der Waals surface area contributed by atoms with E-state index in [0.717, 1.165) is 39.6 Å². The molecule has 4 nitrogen and oxygen atoms in total. The largest absolute Gasteiger partial charge is 0.313 e. The molecule has 1 unspecified atom stereocenters. The van der Waals surface area contributed by atoms with Gasteiger partial charge in [-0.3, -0.25) is 4.99 Å². The molecule has 67 heavy (non-hydrogen) atoms. The van der Waals surface area contributed by atoms with Gasteiger partial charge in [0.05, 0.1) is 12.2 Å². The molecule has 3 aliphatic rings. The summed E-state index contributed by atoms with van der Waals surface area (Å²) >= 11 is 0. The van der Waals surface area contributed by atoms with Gasteiger partial charge in [0.1, 0.15) is 0 Å². The summed E-state index contributed by atoms with van der Waals surface area (Å²) in [6, 6.07) is 70.2. The van der Waals surface area contributed by atoms with Gasteiger partial charge in [-0.05, 0) is 139 Å². The number of hydrogen-bond acceptors (Lipinski definition) is 2. The average Bonchev–Trinajstić information content (AvgIpc) is 3.83. The number of amidine groups is 2. The Morgan fingerprint density at radius 3 is 1.93 bits per heavy atom. The second-order valence-electron chi connectivity index (χ2n) is 18.5. The van der Waals surface area contributed by atoms with Crippen LogP contribution >= 0.6 is 0 Å². The Bertz CT molecular complexity index is 3580. The Labute approximate surface area is 392 Å². The Morgan fingerprint density at radius 1 is 0.567 bits per heavy atom. The molecule has 4 heteroatoms. The van der Waals surface area contributed by atoms with Gasteiger partial charge in [0.25, 0.3) is 0 Å². The van der Waals surface area contributed by atoms with Crippen molar-refractivity contribution >= 4 is 51.3 Å². The van der Waals surface area contributed by atoms with Crippen LogP contribution in [0.15, 0.2) is 233 Å². The molecule has 12 rings (SSSR count). The highest BCUT2D eigenvalue weighted by atomic mass is 15.2. The van der Waals surface area contributed by atoms with Gasteiger partial charge in [0.15, 0.2) is 11.7 Å². The molecule has 1 aliphatic heterocycles. The van der Waals surface area contributed by atoms with Crippen molar-refractivity contribution in [3.05, 3.63) is 251 Å². The lowest BCUT2D eigenvalue weighted by molar-refractivity contribution is 0.660. The summed E-state index contributed by atoms with van der Waals surface area (Å²) < 4.78 is 0. The number of rotatable bonds is 7. The highest BCUT2D eigenvalue weighted by Gasteiger charge is 2.36. The number of aliphatic imine (C=N–C) groups is 3. The highest BCUT2D eigenvalue weighted by Crippen LogP contribution is 2.52. The number of fused-ring (bicyclic) bond motifs is 8. The fourth-order valence-electron chi connectivity index (χ4n) is 10.6. The van der Waals surface area contributed by atoms with Gasteiger partial charge >= 0.3 is 0 Å². The van der Waals surface area contributed by atoms with Gasteiger partial charge in [-0.25, -0.2) is 9.98 Å². The molecule has 0 aromatic heterocycles. The Kier molecular flexibility index (Phi) is 9.83. The zero-order valence-electron chi connectivity index (χ0n) is 37.7. The smallest absolute Gasteiger partial charge is 0.161 e. The number of hydrogen-bond donors (Lipinski definition) is 0. The van der Waals surface area contributed by atoms with E-state index in [9.17, 15) is 0 Å². The highest BCUT2D eigenvalue weighted by molar-refractivity contribution is 6.14. The van der Waals surface area contributed by atoms with Gasteiger partial charge in [0.2, 0.25) is 0 Å². The van der Waals surface area contributed by atoms with Gasteiger partial charge in [-0.1, -0.05) is 178 Å². The summed E-state index contributed by atoms with van der Waals surface area (Å²) in [5.74, 6) is 1.46. The van der Waals surface area contributed by atoms with Crippen LogP contribution in [-0.4, -0.2) is 18.4 Å². The first-order valence-electron chi connectivity index (χ1n) is 23.2. The lowest BCUT2D eigenvalue weighted by Gasteiger charge is -2.25. The van der Waals surface area contributed by atoms with Crippen LogP contribution in [-0.2, 0) is 12.0 Å². The average molecular weight is 861 g/mol. The van der Waals surface area contributed by atoms with Crippen molar-refractivity contribution in [2.45, 2.75) is 38.1 Å². The second kappa shape index (κ2) is 16.3. The normalized spacial score (nSPS) is 15.8. The SMILES string of the molecule is C=NC(=NC(=NCc1ccc(N2C3=CC=CCC3c3ccc(-c4cccc(-c5ccc6c(c5)C(C)(C)c5ccccc5-6)c4)cc32)cc1)c1ccc2ccccc2c1)c1ccc2ccccc2c1. The van der Waals surface area contributed by atoms with Gasteiger partial charge in [0, 0.05) is 33.8 Å². The van der Waals surface area contributed by atoms with Crippen LogP contribution in [0.2, 0.25) is 0 Å². The van der Waals surface area contributed by atoms with Gasteiger partial charge < -0.3 is 4.90 Å². The lowest BCUT2D eigenvalue weighted by atomic mass is 9.81. The number of benzene rings is 9. The zero-order valence-corrected chi connectivity index (χ0v) is 37.7. The molecule has 2 aliphatic carbocycles. The van der Waals surface area contributed by atoms with Crippen LogP contribution in [0.5, 0.6) is 0 Å². The standard InChI is InChI=1S/C63H48N4/c1-63(2)57-21-10-8-19-53(57)54-33-29-48(38-58(54)63)46-17-12-18-47(35-46)49-30-34-56-55-20-9-11-22-59(55)67(60(56)39-49)52-31-23-41(24-32-52)40-65-62(51-28-26-43-14-5-7-16-45(43)37-51)66-61(64-3)50-27-25-42-13-4-6-15-44(42)36-50/h4-19,21-39,55H,3,20,40H2,1-2H3. The first-order chi connectivity index (χ1) is 32.9. The van der Waals surface area contributed by atoms with Crippen LogP contribution in [0.1, 0.15) is 59.6 Å². The predicted octanol–water partition coefficient (Wildman–Crippen LogP) is 15.8. The molecular formula is C63H48N4. The Morgan fingerprint density at radius 2 is 1.19 bits per heavy atom. The molecule has 0 N–H and O–H groups in total. The summed E-state index contributed by atoms with van der Waals surface area (Å²) in [5.41, 5.74) is 18.3. The van der Waals surface area contributed by atoms with E-state index < -0.39 is 0 Å². The summed E-state index contributed by atoms with van der Waals surface area (Å²) in [6.07, 6.45) is 7.76. The molecular weight excluding hydrogens is 813 g/mol. The number of allylic oxidation sites excluding steroid dienone is 4. The van der Waals surface area contributed by atoms with Crippen molar-refractivity contribution in [3.8, 4) is 33.4 Å². The van der Waals surface area contributed by atoms with Crippen LogP contribution in [0.25, 0.3) is 54.9 Å². The van der Waals surface area contributed by atoms with Crippen molar-refractivity contribution < 1.29 is 0 Å². The van der Waals surface area contributed by atoms with Crippen molar-refractivity contribution in [2.24, 2.45) is 15.0 Å². The summed E-state index contributed by atoms with van der Waals surface area (Å²) in [4.78, 5) is 17.2. The molecule has 1 atom stereocenters. The molecule has 0 saturated heterocycles. The second-order valence-corrected chi connectivity index (χ2v) is 18.5. The minimum atomic E-state index is -0.0454. The molecule has 0 saturated carbocycles. The van der Waals surface area contributed by atoms with Crippen molar-refractivity contribution in [1.29, 1.82) is 0 Å². The summed E-state index contributed by atoms with van der Waals surface area (Å²) in [7, 11) is 0. The van der Waals surface area contributed by atoms with E-state index in [1.807, 2.05) is 6.07 Å². The maximum atomic E-state index is 5.19. The molecule has 9 aromatic carbocycles. The molecule has 320 valence electrons. The van der Waals surface area contributed by atoms with Crippen molar-refractivity contribution in [1.82, 2.24) is 0 Å². The number of anilines is 2. The molecule has 0 radical (unpaired) electrons. The van der Waals surface area contributed by atoms with E-state index >= 15 is 0 Å². The quantitative estimate of drug-likeness (QED) is 0.116. The van der Waals surface area contributed by atoms with Gasteiger partial charge in [-0.15, -0.1) is 0 Å². The van der Waals surface area contributed by atoms with E-state index in [-0.39, 0.29) is 5.41 Å².